The molecule has 3 N–H and O–H groups in total. The van der Waals surface area contributed by atoms with Crippen LogP contribution in [0.3, 0.4) is 0 Å². The molecule has 3 amide bonds. The SMILES string of the molecule is CCNC(C)(CCN1C(=O)CCC1=O)C(N)=O. The molecule has 1 saturated heterocycles. The van der Waals surface area contributed by atoms with E-state index in [0.717, 1.165) is 0 Å². The molecule has 0 spiro atoms. The first-order chi connectivity index (χ1) is 7.90. The highest BCUT2D eigenvalue weighted by Crippen LogP contribution is 2.16. The summed E-state index contributed by atoms with van der Waals surface area (Å²) in [5.74, 6) is -0.810. The van der Waals surface area contributed by atoms with E-state index in [4.69, 9.17) is 5.73 Å². The Labute approximate surface area is 101 Å². The van der Waals surface area contributed by atoms with Crippen molar-refractivity contribution in [3.05, 3.63) is 0 Å². The number of nitrogens with zero attached hydrogens (tertiary/aromatic N) is 1. The van der Waals surface area contributed by atoms with Crippen LogP contribution in [0.25, 0.3) is 0 Å². The van der Waals surface area contributed by atoms with Crippen molar-refractivity contribution in [2.45, 2.75) is 38.6 Å². The van der Waals surface area contributed by atoms with Crippen LogP contribution in [0.5, 0.6) is 0 Å². The lowest BCUT2D eigenvalue weighted by atomic mass is 9.96. The van der Waals surface area contributed by atoms with Gasteiger partial charge in [0.25, 0.3) is 0 Å². The Hall–Kier alpha value is -1.43. The zero-order valence-electron chi connectivity index (χ0n) is 10.3. The van der Waals surface area contributed by atoms with Gasteiger partial charge >= 0.3 is 0 Å². The summed E-state index contributed by atoms with van der Waals surface area (Å²) in [5.41, 5.74) is 4.44. The van der Waals surface area contributed by atoms with Gasteiger partial charge in [0.2, 0.25) is 17.7 Å². The number of imide groups is 1. The minimum Gasteiger partial charge on any atom is -0.368 e. The van der Waals surface area contributed by atoms with Gasteiger partial charge in [-0.1, -0.05) is 6.92 Å². The van der Waals surface area contributed by atoms with Crippen LogP contribution in [0, 0.1) is 0 Å². The first kappa shape index (κ1) is 13.6. The topological polar surface area (TPSA) is 92.5 Å². The summed E-state index contributed by atoms with van der Waals surface area (Å²) in [7, 11) is 0. The van der Waals surface area contributed by atoms with Gasteiger partial charge in [-0.2, -0.15) is 0 Å². The highest BCUT2D eigenvalue weighted by molar-refractivity contribution is 6.02. The number of primary amides is 1. The van der Waals surface area contributed by atoms with Crippen molar-refractivity contribution < 1.29 is 14.4 Å². The number of nitrogens with one attached hydrogen (secondary N) is 1. The molecule has 0 aromatic heterocycles. The predicted octanol–water partition coefficient (Wildman–Crippen LogP) is -0.621. The van der Waals surface area contributed by atoms with Gasteiger partial charge in [0.1, 0.15) is 0 Å². The highest BCUT2D eigenvalue weighted by atomic mass is 16.2. The van der Waals surface area contributed by atoms with Gasteiger partial charge in [-0.3, -0.25) is 19.3 Å². The van der Waals surface area contributed by atoms with Crippen LogP contribution in [-0.2, 0) is 14.4 Å². The number of amides is 3. The molecule has 1 aliphatic heterocycles. The van der Waals surface area contributed by atoms with E-state index < -0.39 is 11.4 Å². The molecule has 0 aromatic carbocycles. The predicted molar refractivity (Wildman–Crippen MR) is 61.8 cm³/mol. The van der Waals surface area contributed by atoms with Gasteiger partial charge in [-0.05, 0) is 19.9 Å². The standard InChI is InChI=1S/C11H19N3O3/c1-3-13-11(2,10(12)17)6-7-14-8(15)4-5-9(14)16/h13H,3-7H2,1-2H3,(H2,12,17). The van der Waals surface area contributed by atoms with E-state index in [0.29, 0.717) is 13.0 Å². The van der Waals surface area contributed by atoms with Crippen molar-refractivity contribution in [1.29, 1.82) is 0 Å². The Morgan fingerprint density at radius 3 is 2.35 bits per heavy atom. The van der Waals surface area contributed by atoms with E-state index in [2.05, 4.69) is 5.32 Å². The number of hydrogen-bond acceptors (Lipinski definition) is 4. The molecular weight excluding hydrogens is 222 g/mol. The second-order valence-electron chi connectivity index (χ2n) is 4.42. The van der Waals surface area contributed by atoms with E-state index in [-0.39, 0.29) is 31.2 Å². The first-order valence-electron chi connectivity index (χ1n) is 5.79. The van der Waals surface area contributed by atoms with Crippen molar-refractivity contribution >= 4 is 17.7 Å². The molecule has 0 radical (unpaired) electrons. The maximum atomic E-state index is 11.4. The quantitative estimate of drug-likeness (QED) is 0.606. The van der Waals surface area contributed by atoms with Crippen LogP contribution >= 0.6 is 0 Å². The highest BCUT2D eigenvalue weighted by Gasteiger charge is 2.34. The average Bonchev–Trinajstić information content (AvgIpc) is 2.56. The molecule has 6 heteroatoms. The molecular formula is C11H19N3O3. The lowest BCUT2D eigenvalue weighted by molar-refractivity contribution is -0.139. The van der Waals surface area contributed by atoms with E-state index in [1.807, 2.05) is 6.92 Å². The number of nitrogens with two attached hydrogens (primary N) is 1. The van der Waals surface area contributed by atoms with E-state index in [9.17, 15) is 14.4 Å². The Morgan fingerprint density at radius 1 is 1.41 bits per heavy atom. The molecule has 0 aromatic rings. The van der Waals surface area contributed by atoms with E-state index in [1.54, 1.807) is 6.92 Å². The molecule has 1 aliphatic rings. The number of hydrogen-bond donors (Lipinski definition) is 2. The normalized spacial score (nSPS) is 19.5. The molecule has 1 fully saturated rings. The van der Waals surface area contributed by atoms with E-state index >= 15 is 0 Å². The van der Waals surface area contributed by atoms with Crippen molar-refractivity contribution in [2.24, 2.45) is 5.73 Å². The Balaban J connectivity index is 2.61. The molecule has 6 nitrogen and oxygen atoms in total. The largest absolute Gasteiger partial charge is 0.368 e. The third-order valence-electron chi connectivity index (χ3n) is 3.10. The first-order valence-corrected chi connectivity index (χ1v) is 5.79. The van der Waals surface area contributed by atoms with Gasteiger partial charge in [0.15, 0.2) is 0 Å². The second kappa shape index (κ2) is 5.27. The summed E-state index contributed by atoms with van der Waals surface area (Å²) < 4.78 is 0. The summed E-state index contributed by atoms with van der Waals surface area (Å²) in [6.07, 6.45) is 0.883. The lowest BCUT2D eigenvalue weighted by Crippen LogP contribution is -2.54. The third kappa shape index (κ3) is 3.03. The summed E-state index contributed by atoms with van der Waals surface area (Å²) in [4.78, 5) is 35.4. The minimum atomic E-state index is -0.877. The van der Waals surface area contributed by atoms with Crippen molar-refractivity contribution in [1.82, 2.24) is 10.2 Å². The second-order valence-corrected chi connectivity index (χ2v) is 4.42. The maximum absolute atomic E-state index is 11.4. The summed E-state index contributed by atoms with van der Waals surface area (Å²) in [6.45, 7) is 4.39. The average molecular weight is 241 g/mol. The number of likely N-dealkylation sites (N-methyl/N-ethyl adjacent to an activating group) is 1. The van der Waals surface area contributed by atoms with Gasteiger partial charge in [-0.15, -0.1) is 0 Å². The van der Waals surface area contributed by atoms with Crippen LogP contribution in [-0.4, -0.2) is 41.2 Å². The van der Waals surface area contributed by atoms with Gasteiger partial charge in [-0.25, -0.2) is 0 Å². The Morgan fingerprint density at radius 2 is 1.94 bits per heavy atom. The molecule has 0 bridgehead atoms. The van der Waals surface area contributed by atoms with Crippen molar-refractivity contribution in [3.8, 4) is 0 Å². The van der Waals surface area contributed by atoms with Crippen LogP contribution in [0.2, 0.25) is 0 Å². The van der Waals surface area contributed by atoms with Crippen LogP contribution in [0.1, 0.15) is 33.1 Å². The molecule has 1 heterocycles. The Kier molecular flexibility index (Phi) is 4.22. The molecule has 1 atom stereocenters. The summed E-state index contributed by atoms with van der Waals surface area (Å²) >= 11 is 0. The van der Waals surface area contributed by atoms with Crippen LogP contribution < -0.4 is 11.1 Å². The number of likely N-dealkylation sites (tertiary alicyclic amines) is 1. The molecule has 1 unspecified atom stereocenters. The zero-order valence-corrected chi connectivity index (χ0v) is 10.3. The fourth-order valence-corrected chi connectivity index (χ4v) is 1.90. The maximum Gasteiger partial charge on any atom is 0.237 e. The molecule has 1 rings (SSSR count). The molecule has 96 valence electrons. The van der Waals surface area contributed by atoms with Gasteiger partial charge in [0, 0.05) is 19.4 Å². The van der Waals surface area contributed by atoms with Gasteiger partial charge < -0.3 is 11.1 Å². The lowest BCUT2D eigenvalue weighted by Gasteiger charge is -2.28. The smallest absolute Gasteiger partial charge is 0.237 e. The molecule has 17 heavy (non-hydrogen) atoms. The van der Waals surface area contributed by atoms with E-state index in [1.165, 1.54) is 4.90 Å². The number of carbonyl (C=O) groups is 3. The fraction of sp³-hybridized carbons (Fsp3) is 0.727. The molecule has 0 aliphatic carbocycles. The van der Waals surface area contributed by atoms with Crippen molar-refractivity contribution in [3.63, 3.8) is 0 Å². The van der Waals surface area contributed by atoms with Crippen molar-refractivity contribution in [2.75, 3.05) is 13.1 Å². The van der Waals surface area contributed by atoms with Gasteiger partial charge in [0.05, 0.1) is 5.54 Å². The summed E-state index contributed by atoms with van der Waals surface area (Å²) in [5, 5.41) is 2.99. The fourth-order valence-electron chi connectivity index (χ4n) is 1.90. The monoisotopic (exact) mass is 241 g/mol. The zero-order chi connectivity index (χ0) is 13.1. The third-order valence-corrected chi connectivity index (χ3v) is 3.10. The minimum absolute atomic E-state index is 0.168. The number of rotatable bonds is 6. The summed E-state index contributed by atoms with van der Waals surface area (Å²) in [6, 6.07) is 0. The van der Waals surface area contributed by atoms with Crippen LogP contribution in [0.15, 0.2) is 0 Å². The van der Waals surface area contributed by atoms with Crippen LogP contribution in [0.4, 0.5) is 0 Å². The number of carbonyl (C=O) groups excluding carboxylic acids is 3. The molecule has 0 saturated carbocycles. The Bertz CT molecular complexity index is 327.